The molecule has 0 N–H and O–H groups in total. The molecule has 24 heavy (non-hydrogen) atoms. The average Bonchev–Trinajstić information content (AvgIpc) is 3.20. The molecular formula is C17H22N4O2S. The minimum absolute atomic E-state index is 0.0668. The average molecular weight is 346 g/mol. The Hall–Kier alpha value is -1.86. The summed E-state index contributed by atoms with van der Waals surface area (Å²) in [4.78, 5) is 13.9. The Kier molecular flexibility index (Phi) is 5.52. The maximum Gasteiger partial charge on any atom is 0.233 e. The number of nitrogens with zero attached hydrogens (tertiary/aromatic N) is 4. The van der Waals surface area contributed by atoms with Crippen LogP contribution in [-0.4, -0.2) is 51.8 Å². The molecule has 1 saturated heterocycles. The van der Waals surface area contributed by atoms with E-state index in [2.05, 4.69) is 35.4 Å². The third-order valence-electron chi connectivity index (χ3n) is 4.15. The second-order valence-electron chi connectivity index (χ2n) is 5.71. The molecule has 2 aromatic rings. The van der Waals surface area contributed by atoms with Gasteiger partial charge in [0.15, 0.2) is 0 Å². The van der Waals surface area contributed by atoms with Crippen LogP contribution < -0.4 is 0 Å². The minimum Gasteiger partial charge on any atom is -0.383 e. The van der Waals surface area contributed by atoms with E-state index in [-0.39, 0.29) is 11.3 Å². The number of thioether (sulfide) groups is 1. The molecule has 0 spiro atoms. The number of hydrogen-bond acceptors (Lipinski definition) is 5. The summed E-state index contributed by atoms with van der Waals surface area (Å²) in [5, 5.41) is 8.49. The van der Waals surface area contributed by atoms with Crippen molar-refractivity contribution in [1.82, 2.24) is 19.9 Å². The van der Waals surface area contributed by atoms with E-state index in [1.54, 1.807) is 18.9 Å². The van der Waals surface area contributed by atoms with E-state index in [9.17, 15) is 4.79 Å². The number of amides is 1. The summed E-state index contributed by atoms with van der Waals surface area (Å²) in [5.74, 6) is 0.618. The van der Waals surface area contributed by atoms with Gasteiger partial charge in [-0.05, 0) is 17.5 Å². The zero-order chi connectivity index (χ0) is 16.9. The molecule has 7 heteroatoms. The fourth-order valence-electron chi connectivity index (χ4n) is 2.87. The Labute approximate surface area is 146 Å². The number of carbonyl (C=O) groups is 1. The van der Waals surface area contributed by atoms with Crippen molar-refractivity contribution in [2.75, 3.05) is 26.0 Å². The second-order valence-corrected chi connectivity index (χ2v) is 6.78. The Bertz CT molecular complexity index is 703. The molecule has 0 saturated carbocycles. The maximum atomic E-state index is 12.0. The van der Waals surface area contributed by atoms with Crippen molar-refractivity contribution >= 4 is 17.7 Å². The van der Waals surface area contributed by atoms with Crippen LogP contribution in [0, 0.1) is 0 Å². The van der Waals surface area contributed by atoms with Crippen molar-refractivity contribution in [3.63, 3.8) is 0 Å². The summed E-state index contributed by atoms with van der Waals surface area (Å²) in [6.45, 7) is 3.96. The number of rotatable bonds is 7. The van der Waals surface area contributed by atoms with E-state index in [1.165, 1.54) is 11.1 Å². The third kappa shape index (κ3) is 3.62. The molecule has 1 unspecified atom stereocenters. The van der Waals surface area contributed by atoms with Gasteiger partial charge in [-0.1, -0.05) is 36.4 Å². The van der Waals surface area contributed by atoms with Crippen molar-refractivity contribution in [3.05, 3.63) is 47.3 Å². The highest BCUT2D eigenvalue weighted by molar-refractivity contribution is 8.00. The Morgan fingerprint density at radius 1 is 1.33 bits per heavy atom. The molecule has 1 fully saturated rings. The van der Waals surface area contributed by atoms with Crippen LogP contribution in [0.5, 0.6) is 0 Å². The van der Waals surface area contributed by atoms with E-state index >= 15 is 0 Å². The lowest BCUT2D eigenvalue weighted by molar-refractivity contribution is -0.128. The largest absolute Gasteiger partial charge is 0.383 e. The van der Waals surface area contributed by atoms with Gasteiger partial charge in [0.1, 0.15) is 11.1 Å². The van der Waals surface area contributed by atoms with Gasteiger partial charge in [-0.25, -0.2) is 4.68 Å². The Morgan fingerprint density at radius 3 is 2.88 bits per heavy atom. The first-order chi connectivity index (χ1) is 11.7. The molecule has 1 aromatic heterocycles. The molecule has 3 rings (SSSR count). The van der Waals surface area contributed by atoms with Crippen LogP contribution in [0.3, 0.4) is 0 Å². The van der Waals surface area contributed by atoms with Crippen molar-refractivity contribution < 1.29 is 9.53 Å². The molecule has 0 radical (unpaired) electrons. The number of ether oxygens (including phenoxy) is 1. The molecule has 1 aliphatic heterocycles. The van der Waals surface area contributed by atoms with Gasteiger partial charge >= 0.3 is 0 Å². The Balaban J connectivity index is 1.74. The van der Waals surface area contributed by atoms with Crippen LogP contribution in [0.15, 0.2) is 30.5 Å². The van der Waals surface area contributed by atoms with E-state index in [0.717, 1.165) is 12.1 Å². The van der Waals surface area contributed by atoms with Gasteiger partial charge in [-0.15, -0.1) is 16.9 Å². The minimum atomic E-state index is -0.0668. The Morgan fingerprint density at radius 2 is 2.12 bits per heavy atom. The molecule has 1 aliphatic rings. The fraction of sp³-hybridized carbons (Fsp3) is 0.471. The first-order valence-corrected chi connectivity index (χ1v) is 9.14. The predicted octanol–water partition coefficient (Wildman–Crippen LogP) is 2.11. The SMILES string of the molecule is CCc1ccccc1Cn1cc(C2SCC(=O)N2CCOC)nn1. The molecule has 128 valence electrons. The van der Waals surface area contributed by atoms with Gasteiger partial charge < -0.3 is 9.64 Å². The molecule has 6 nitrogen and oxygen atoms in total. The van der Waals surface area contributed by atoms with Crippen molar-refractivity contribution in [1.29, 1.82) is 0 Å². The van der Waals surface area contributed by atoms with E-state index in [0.29, 0.717) is 25.4 Å². The van der Waals surface area contributed by atoms with Gasteiger partial charge in [0, 0.05) is 13.7 Å². The smallest absolute Gasteiger partial charge is 0.233 e. The summed E-state index contributed by atoms with van der Waals surface area (Å²) in [6, 6.07) is 8.37. The molecular weight excluding hydrogens is 324 g/mol. The predicted molar refractivity (Wildman–Crippen MR) is 93.7 cm³/mol. The summed E-state index contributed by atoms with van der Waals surface area (Å²) < 4.78 is 6.95. The topological polar surface area (TPSA) is 60.2 Å². The number of methoxy groups -OCH3 is 1. The number of benzene rings is 1. The van der Waals surface area contributed by atoms with Crippen LogP contribution in [-0.2, 0) is 22.5 Å². The summed E-state index contributed by atoms with van der Waals surface area (Å²) >= 11 is 1.59. The van der Waals surface area contributed by atoms with Gasteiger partial charge in [-0.2, -0.15) is 0 Å². The van der Waals surface area contributed by atoms with E-state index in [4.69, 9.17) is 4.74 Å². The monoisotopic (exact) mass is 346 g/mol. The molecule has 2 heterocycles. The van der Waals surface area contributed by atoms with Gasteiger partial charge in [0.25, 0.3) is 0 Å². The van der Waals surface area contributed by atoms with Crippen LogP contribution in [0.1, 0.15) is 29.1 Å². The van der Waals surface area contributed by atoms with Crippen molar-refractivity contribution in [2.45, 2.75) is 25.3 Å². The molecule has 0 bridgehead atoms. The normalized spacial score (nSPS) is 17.7. The summed E-state index contributed by atoms with van der Waals surface area (Å²) in [5.41, 5.74) is 3.40. The number of carbonyl (C=O) groups excluding carboxylic acids is 1. The van der Waals surface area contributed by atoms with Crippen molar-refractivity contribution in [2.24, 2.45) is 0 Å². The van der Waals surface area contributed by atoms with Crippen LogP contribution in [0.2, 0.25) is 0 Å². The third-order valence-corrected chi connectivity index (χ3v) is 5.37. The molecule has 1 atom stereocenters. The summed E-state index contributed by atoms with van der Waals surface area (Å²) in [7, 11) is 1.64. The first-order valence-electron chi connectivity index (χ1n) is 8.09. The van der Waals surface area contributed by atoms with Crippen molar-refractivity contribution in [3.8, 4) is 0 Å². The zero-order valence-corrected chi connectivity index (χ0v) is 14.8. The quantitative estimate of drug-likeness (QED) is 0.768. The molecule has 1 aromatic carbocycles. The maximum absolute atomic E-state index is 12.0. The first kappa shape index (κ1) is 17.0. The molecule has 1 amide bonds. The highest BCUT2D eigenvalue weighted by Gasteiger charge is 2.34. The van der Waals surface area contributed by atoms with Gasteiger partial charge in [0.05, 0.1) is 25.1 Å². The number of aromatic nitrogens is 3. The second kappa shape index (κ2) is 7.81. The fourth-order valence-corrected chi connectivity index (χ4v) is 4.01. The van der Waals surface area contributed by atoms with Crippen LogP contribution >= 0.6 is 11.8 Å². The van der Waals surface area contributed by atoms with Gasteiger partial charge in [-0.3, -0.25) is 4.79 Å². The number of aryl methyl sites for hydroxylation is 1. The lowest BCUT2D eigenvalue weighted by Crippen LogP contribution is -2.31. The summed E-state index contributed by atoms with van der Waals surface area (Å²) in [6.07, 6.45) is 2.94. The van der Waals surface area contributed by atoms with E-state index in [1.807, 2.05) is 21.8 Å². The highest BCUT2D eigenvalue weighted by Crippen LogP contribution is 2.37. The highest BCUT2D eigenvalue weighted by atomic mass is 32.2. The van der Waals surface area contributed by atoms with E-state index < -0.39 is 0 Å². The van der Waals surface area contributed by atoms with Gasteiger partial charge in [0.2, 0.25) is 5.91 Å². The molecule has 0 aliphatic carbocycles. The zero-order valence-electron chi connectivity index (χ0n) is 14.0. The number of hydrogen-bond donors (Lipinski definition) is 0. The standard InChI is InChI=1S/C17H22N4O2S/c1-3-13-6-4-5-7-14(13)10-20-11-15(18-19-20)17-21(8-9-23-2)16(22)12-24-17/h4-7,11,17H,3,8-10,12H2,1-2H3. The van der Waals surface area contributed by atoms with Crippen LogP contribution in [0.25, 0.3) is 0 Å². The lowest BCUT2D eigenvalue weighted by Gasteiger charge is -2.21. The lowest BCUT2D eigenvalue weighted by atomic mass is 10.1. The van der Waals surface area contributed by atoms with Crippen LogP contribution in [0.4, 0.5) is 0 Å².